The minimum Gasteiger partial charge on any atom is -0.473 e. The second-order valence-electron chi connectivity index (χ2n) is 4.46. The van der Waals surface area contributed by atoms with Crippen LogP contribution in [0.2, 0.25) is 10.0 Å². The Morgan fingerprint density at radius 2 is 1.95 bits per heavy atom. The van der Waals surface area contributed by atoms with Gasteiger partial charge < -0.3 is 15.8 Å². The summed E-state index contributed by atoms with van der Waals surface area (Å²) in [5.74, 6) is 0.725. The normalized spacial score (nSPS) is 10.8. The van der Waals surface area contributed by atoms with Gasteiger partial charge in [-0.25, -0.2) is 4.98 Å². The van der Waals surface area contributed by atoms with Gasteiger partial charge in [0.1, 0.15) is 12.0 Å². The van der Waals surface area contributed by atoms with Gasteiger partial charge in [0.2, 0.25) is 5.88 Å². The molecule has 2 aromatic rings. The number of nitrogens with two attached hydrogens (primary N) is 1. The Hall–Kier alpha value is -1.24. The fourth-order valence-electron chi connectivity index (χ4n) is 1.55. The van der Waals surface area contributed by atoms with Crippen LogP contribution in [0.1, 0.15) is 13.8 Å². The van der Waals surface area contributed by atoms with E-state index in [2.05, 4.69) is 31.2 Å². The highest BCUT2D eigenvalue weighted by Gasteiger charge is 2.14. The van der Waals surface area contributed by atoms with Crippen LogP contribution in [0.15, 0.2) is 22.9 Å². The molecule has 112 valence electrons. The molecule has 0 radical (unpaired) electrons. The molecular formula is C13H13BrCl2N4O. The van der Waals surface area contributed by atoms with E-state index >= 15 is 0 Å². The van der Waals surface area contributed by atoms with Crippen molar-refractivity contribution < 1.29 is 4.74 Å². The molecule has 0 unspecified atom stereocenters. The first-order chi connectivity index (χ1) is 9.90. The number of benzene rings is 1. The first-order valence-corrected chi connectivity index (χ1v) is 7.62. The van der Waals surface area contributed by atoms with E-state index in [-0.39, 0.29) is 6.10 Å². The molecule has 0 spiro atoms. The smallest absolute Gasteiger partial charge is 0.242 e. The van der Waals surface area contributed by atoms with Crippen LogP contribution in [0, 0.1) is 0 Å². The van der Waals surface area contributed by atoms with Gasteiger partial charge in [0.25, 0.3) is 0 Å². The van der Waals surface area contributed by atoms with Crippen LogP contribution in [-0.2, 0) is 0 Å². The van der Waals surface area contributed by atoms with Crippen molar-refractivity contribution in [3.63, 3.8) is 0 Å². The summed E-state index contributed by atoms with van der Waals surface area (Å²) in [6.07, 6.45) is 1.32. The maximum absolute atomic E-state index is 6.18. The van der Waals surface area contributed by atoms with Crippen LogP contribution < -0.4 is 15.8 Å². The van der Waals surface area contributed by atoms with Crippen molar-refractivity contribution in [1.29, 1.82) is 0 Å². The second kappa shape index (κ2) is 6.68. The molecule has 0 saturated carbocycles. The van der Waals surface area contributed by atoms with Gasteiger partial charge in [-0.15, -0.1) is 0 Å². The molecule has 1 heterocycles. The SMILES string of the molecule is CC(C)Oc1ncnc(Nc2ccc(Br)c(Cl)c2Cl)c1N. The van der Waals surface area contributed by atoms with Crippen LogP contribution in [-0.4, -0.2) is 16.1 Å². The topological polar surface area (TPSA) is 73.1 Å². The first-order valence-electron chi connectivity index (χ1n) is 6.07. The second-order valence-corrected chi connectivity index (χ2v) is 6.07. The van der Waals surface area contributed by atoms with Crippen LogP contribution in [0.4, 0.5) is 17.2 Å². The number of nitrogens with one attached hydrogen (secondary N) is 1. The van der Waals surface area contributed by atoms with E-state index in [1.807, 2.05) is 13.8 Å². The van der Waals surface area contributed by atoms with Gasteiger partial charge in [-0.2, -0.15) is 4.98 Å². The minimum absolute atomic E-state index is 0.0410. The average molecular weight is 392 g/mol. The van der Waals surface area contributed by atoms with Gasteiger partial charge >= 0.3 is 0 Å². The molecule has 0 fully saturated rings. The maximum Gasteiger partial charge on any atom is 0.242 e. The van der Waals surface area contributed by atoms with E-state index in [0.29, 0.717) is 37.6 Å². The lowest BCUT2D eigenvalue weighted by Gasteiger charge is -2.14. The van der Waals surface area contributed by atoms with Gasteiger partial charge in [0.05, 0.1) is 21.8 Å². The largest absolute Gasteiger partial charge is 0.473 e. The molecule has 2 rings (SSSR count). The van der Waals surface area contributed by atoms with Crippen molar-refractivity contribution in [1.82, 2.24) is 9.97 Å². The molecule has 5 nitrogen and oxygen atoms in total. The first kappa shape index (κ1) is 16.1. The third-order valence-corrected chi connectivity index (χ3v) is 4.25. The zero-order valence-corrected chi connectivity index (χ0v) is 14.4. The third kappa shape index (κ3) is 3.70. The number of hydrogen-bond acceptors (Lipinski definition) is 5. The van der Waals surface area contributed by atoms with E-state index in [4.69, 9.17) is 33.7 Å². The summed E-state index contributed by atoms with van der Waals surface area (Å²) < 4.78 is 6.22. The quantitative estimate of drug-likeness (QED) is 0.741. The molecule has 8 heteroatoms. The molecular weight excluding hydrogens is 379 g/mol. The summed E-state index contributed by atoms with van der Waals surface area (Å²) in [4.78, 5) is 8.10. The van der Waals surface area contributed by atoms with E-state index in [9.17, 15) is 0 Å². The Bertz CT molecular complexity index is 667. The number of ether oxygens (including phenoxy) is 1. The van der Waals surface area contributed by atoms with Crippen molar-refractivity contribution in [3.8, 4) is 5.88 Å². The van der Waals surface area contributed by atoms with Crippen molar-refractivity contribution >= 4 is 56.3 Å². The number of nitrogens with zero attached hydrogens (tertiary/aromatic N) is 2. The number of nitrogen functional groups attached to an aromatic ring is 1. The van der Waals surface area contributed by atoms with Crippen molar-refractivity contribution in [2.24, 2.45) is 0 Å². The monoisotopic (exact) mass is 390 g/mol. The molecule has 0 amide bonds. The highest BCUT2D eigenvalue weighted by molar-refractivity contribution is 9.10. The molecule has 1 aromatic carbocycles. The summed E-state index contributed by atoms with van der Waals surface area (Å²) in [7, 11) is 0. The maximum atomic E-state index is 6.18. The summed E-state index contributed by atoms with van der Waals surface area (Å²) in [5, 5.41) is 3.81. The third-order valence-electron chi connectivity index (χ3n) is 2.48. The van der Waals surface area contributed by atoms with E-state index in [1.54, 1.807) is 12.1 Å². The Kier molecular flexibility index (Phi) is 5.13. The van der Waals surface area contributed by atoms with Crippen molar-refractivity contribution in [3.05, 3.63) is 33.0 Å². The molecule has 0 aliphatic carbocycles. The molecule has 21 heavy (non-hydrogen) atoms. The number of hydrogen-bond donors (Lipinski definition) is 2. The van der Waals surface area contributed by atoms with Gasteiger partial charge in [0, 0.05) is 4.47 Å². The lowest BCUT2D eigenvalue weighted by Crippen LogP contribution is -2.11. The van der Waals surface area contributed by atoms with Gasteiger partial charge in [0.15, 0.2) is 5.82 Å². The molecule has 3 N–H and O–H groups in total. The predicted octanol–water partition coefficient (Wildman–Crippen LogP) is 4.66. The van der Waals surface area contributed by atoms with Crippen LogP contribution in [0.3, 0.4) is 0 Å². The molecule has 0 atom stereocenters. The Balaban J connectivity index is 2.34. The highest BCUT2D eigenvalue weighted by atomic mass is 79.9. The fourth-order valence-corrected chi connectivity index (χ4v) is 2.37. The van der Waals surface area contributed by atoms with Gasteiger partial charge in [-0.3, -0.25) is 0 Å². The zero-order chi connectivity index (χ0) is 15.6. The summed E-state index contributed by atoms with van der Waals surface area (Å²) >= 11 is 15.6. The van der Waals surface area contributed by atoms with Crippen LogP contribution >= 0.6 is 39.1 Å². The molecule has 0 saturated heterocycles. The van der Waals surface area contributed by atoms with Gasteiger partial charge in [-0.1, -0.05) is 23.2 Å². The number of rotatable bonds is 4. The number of halogens is 3. The Labute approximate surface area is 140 Å². The van der Waals surface area contributed by atoms with Crippen molar-refractivity contribution in [2.75, 3.05) is 11.1 Å². The molecule has 0 aliphatic rings. The zero-order valence-electron chi connectivity index (χ0n) is 11.3. The lowest BCUT2D eigenvalue weighted by atomic mass is 10.3. The van der Waals surface area contributed by atoms with E-state index in [1.165, 1.54) is 6.33 Å². The van der Waals surface area contributed by atoms with E-state index in [0.717, 1.165) is 0 Å². The summed E-state index contributed by atoms with van der Waals surface area (Å²) in [6.45, 7) is 3.78. The predicted molar refractivity (Wildman–Crippen MR) is 89.7 cm³/mol. The van der Waals surface area contributed by atoms with Crippen LogP contribution in [0.25, 0.3) is 0 Å². The fraction of sp³-hybridized carbons (Fsp3) is 0.231. The minimum atomic E-state index is -0.0410. The summed E-state index contributed by atoms with van der Waals surface area (Å²) in [5.41, 5.74) is 6.90. The van der Waals surface area contributed by atoms with Gasteiger partial charge in [-0.05, 0) is 41.9 Å². The number of aromatic nitrogens is 2. The van der Waals surface area contributed by atoms with Crippen LogP contribution in [0.5, 0.6) is 5.88 Å². The molecule has 1 aromatic heterocycles. The Morgan fingerprint density at radius 1 is 1.24 bits per heavy atom. The average Bonchev–Trinajstić information content (AvgIpc) is 2.43. The lowest BCUT2D eigenvalue weighted by molar-refractivity contribution is 0.234. The molecule has 0 aliphatic heterocycles. The Morgan fingerprint density at radius 3 is 2.62 bits per heavy atom. The van der Waals surface area contributed by atoms with Crippen molar-refractivity contribution in [2.45, 2.75) is 20.0 Å². The van der Waals surface area contributed by atoms with E-state index < -0.39 is 0 Å². The highest BCUT2D eigenvalue weighted by Crippen LogP contribution is 2.38. The standard InChI is InChI=1S/C13H13BrCl2N4O/c1-6(2)21-13-11(17)12(18-5-19-13)20-8-4-3-7(14)9(15)10(8)16/h3-6H,17H2,1-2H3,(H,18,19,20). The number of anilines is 3. The summed E-state index contributed by atoms with van der Waals surface area (Å²) in [6, 6.07) is 3.54. The molecule has 0 bridgehead atoms.